The molecule has 24 heavy (non-hydrogen) atoms. The number of hydrogen-bond donors (Lipinski definition) is 0. The average molecular weight is 326 g/mol. The molecule has 2 aliphatic carbocycles. The lowest BCUT2D eigenvalue weighted by atomic mass is 9.76. The molecule has 0 fully saturated rings. The molecule has 0 heterocycles. The molecule has 4 nitrogen and oxygen atoms in total. The molecule has 0 saturated carbocycles. The van der Waals surface area contributed by atoms with Crippen LogP contribution in [-0.4, -0.2) is 25.2 Å². The summed E-state index contributed by atoms with van der Waals surface area (Å²) < 4.78 is 10.3. The van der Waals surface area contributed by atoms with Crippen LogP contribution in [0.1, 0.15) is 37.8 Å². The quantitative estimate of drug-likeness (QED) is 0.629. The predicted molar refractivity (Wildman–Crippen MR) is 90.4 cm³/mol. The smallest absolute Gasteiger partial charge is 0.334 e. The van der Waals surface area contributed by atoms with E-state index in [4.69, 9.17) is 9.47 Å². The Balaban J connectivity index is 1.91. The van der Waals surface area contributed by atoms with E-state index in [-0.39, 0.29) is 0 Å². The fraction of sp³-hybridized carbons (Fsp3) is 0.400. The van der Waals surface area contributed by atoms with E-state index in [1.54, 1.807) is 13.8 Å². The fourth-order valence-corrected chi connectivity index (χ4v) is 3.45. The molecule has 2 aliphatic rings. The molecule has 1 aromatic rings. The van der Waals surface area contributed by atoms with Crippen molar-refractivity contribution in [3.05, 3.63) is 57.7 Å². The van der Waals surface area contributed by atoms with Gasteiger partial charge in [0, 0.05) is 12.8 Å². The Hall–Kier alpha value is -2.36. The zero-order valence-electron chi connectivity index (χ0n) is 14.2. The summed E-state index contributed by atoms with van der Waals surface area (Å²) in [5.74, 6) is -0.795. The maximum Gasteiger partial charge on any atom is 0.334 e. The number of hydrogen-bond acceptors (Lipinski definition) is 4. The van der Waals surface area contributed by atoms with Gasteiger partial charge in [0.25, 0.3) is 0 Å². The lowest BCUT2D eigenvalue weighted by Gasteiger charge is -2.29. The van der Waals surface area contributed by atoms with E-state index >= 15 is 0 Å². The number of carbonyl (C=O) groups excluding carboxylic acids is 2. The number of allylic oxidation sites excluding steroid dienone is 2. The standard InChI is InChI=1S/C20H22O4/c1-3-23-19(21)17-11-15-9-13-7-5-6-8-14(13)10-16(15)12-18(17)20(22)24-4-2/h5-8H,3-4,9-12H2,1-2H3. The molecule has 0 amide bonds. The van der Waals surface area contributed by atoms with Gasteiger partial charge in [0.05, 0.1) is 24.4 Å². The van der Waals surface area contributed by atoms with Gasteiger partial charge in [0.1, 0.15) is 0 Å². The first kappa shape index (κ1) is 16.5. The second-order valence-electron chi connectivity index (χ2n) is 6.08. The summed E-state index contributed by atoms with van der Waals surface area (Å²) in [4.78, 5) is 24.7. The first-order chi connectivity index (χ1) is 11.6. The van der Waals surface area contributed by atoms with Crippen LogP contribution >= 0.6 is 0 Å². The second-order valence-corrected chi connectivity index (χ2v) is 6.08. The summed E-state index contributed by atoms with van der Waals surface area (Å²) in [5, 5.41) is 0. The van der Waals surface area contributed by atoms with Crippen molar-refractivity contribution in [2.45, 2.75) is 39.5 Å². The summed E-state index contributed by atoms with van der Waals surface area (Å²) in [5.41, 5.74) is 6.02. The highest BCUT2D eigenvalue weighted by Crippen LogP contribution is 2.38. The number of benzene rings is 1. The number of fused-ring (bicyclic) bond motifs is 1. The van der Waals surface area contributed by atoms with E-state index in [9.17, 15) is 9.59 Å². The average Bonchev–Trinajstić information content (AvgIpc) is 2.59. The zero-order chi connectivity index (χ0) is 17.1. The molecular formula is C20H22O4. The van der Waals surface area contributed by atoms with Crippen LogP contribution in [0.3, 0.4) is 0 Å². The third kappa shape index (κ3) is 3.14. The number of ether oxygens (including phenoxy) is 2. The minimum absolute atomic E-state index is 0.299. The Morgan fingerprint density at radius 1 is 0.792 bits per heavy atom. The van der Waals surface area contributed by atoms with Gasteiger partial charge in [-0.25, -0.2) is 9.59 Å². The largest absolute Gasteiger partial charge is 0.463 e. The van der Waals surface area contributed by atoms with Gasteiger partial charge in [0.2, 0.25) is 0 Å². The lowest BCUT2D eigenvalue weighted by molar-refractivity contribution is -0.142. The van der Waals surface area contributed by atoms with E-state index in [0.717, 1.165) is 12.8 Å². The number of rotatable bonds is 4. The van der Waals surface area contributed by atoms with E-state index in [2.05, 4.69) is 12.1 Å². The Labute approximate surface area is 142 Å². The van der Waals surface area contributed by atoms with E-state index in [1.165, 1.54) is 22.3 Å². The highest BCUT2D eigenvalue weighted by atomic mass is 16.5. The minimum Gasteiger partial charge on any atom is -0.463 e. The maximum absolute atomic E-state index is 12.3. The lowest BCUT2D eigenvalue weighted by Crippen LogP contribution is -2.24. The molecular weight excluding hydrogens is 304 g/mol. The van der Waals surface area contributed by atoms with E-state index in [0.29, 0.717) is 37.2 Å². The van der Waals surface area contributed by atoms with Gasteiger partial charge in [-0.15, -0.1) is 0 Å². The van der Waals surface area contributed by atoms with Gasteiger partial charge in [0.15, 0.2) is 0 Å². The summed E-state index contributed by atoms with van der Waals surface area (Å²) in [6.45, 7) is 4.14. The highest BCUT2D eigenvalue weighted by molar-refractivity contribution is 6.01. The van der Waals surface area contributed by atoms with Crippen LogP contribution in [0.15, 0.2) is 46.6 Å². The van der Waals surface area contributed by atoms with Crippen molar-refractivity contribution >= 4 is 11.9 Å². The summed E-state index contributed by atoms with van der Waals surface area (Å²) in [6.07, 6.45) is 2.64. The molecule has 4 heteroatoms. The summed E-state index contributed by atoms with van der Waals surface area (Å²) in [6, 6.07) is 8.35. The van der Waals surface area contributed by atoms with Gasteiger partial charge in [-0.2, -0.15) is 0 Å². The highest BCUT2D eigenvalue weighted by Gasteiger charge is 2.32. The fourth-order valence-electron chi connectivity index (χ4n) is 3.45. The molecule has 3 rings (SSSR count). The van der Waals surface area contributed by atoms with Crippen molar-refractivity contribution < 1.29 is 19.1 Å². The topological polar surface area (TPSA) is 52.6 Å². The van der Waals surface area contributed by atoms with E-state index < -0.39 is 11.9 Å². The molecule has 0 bridgehead atoms. The van der Waals surface area contributed by atoms with Crippen molar-refractivity contribution in [2.24, 2.45) is 0 Å². The predicted octanol–water partition coefficient (Wildman–Crippen LogP) is 3.30. The van der Waals surface area contributed by atoms with Crippen LogP contribution in [0.2, 0.25) is 0 Å². The van der Waals surface area contributed by atoms with E-state index in [1.807, 2.05) is 12.1 Å². The molecule has 0 radical (unpaired) electrons. The van der Waals surface area contributed by atoms with Gasteiger partial charge in [-0.3, -0.25) is 0 Å². The molecule has 0 aromatic heterocycles. The van der Waals surface area contributed by atoms with Crippen molar-refractivity contribution in [2.75, 3.05) is 13.2 Å². The Morgan fingerprint density at radius 3 is 1.58 bits per heavy atom. The second kappa shape index (κ2) is 7.04. The zero-order valence-corrected chi connectivity index (χ0v) is 14.2. The van der Waals surface area contributed by atoms with Crippen LogP contribution in [0, 0.1) is 0 Å². The van der Waals surface area contributed by atoms with Crippen LogP contribution in [0.4, 0.5) is 0 Å². The van der Waals surface area contributed by atoms with Crippen LogP contribution in [0.5, 0.6) is 0 Å². The summed E-state index contributed by atoms with van der Waals surface area (Å²) >= 11 is 0. The molecule has 0 spiro atoms. The van der Waals surface area contributed by atoms with Crippen LogP contribution < -0.4 is 0 Å². The molecule has 0 unspecified atom stereocenters. The Kier molecular flexibility index (Phi) is 4.84. The van der Waals surface area contributed by atoms with Gasteiger partial charge in [-0.1, -0.05) is 35.4 Å². The third-order valence-corrected chi connectivity index (χ3v) is 4.61. The molecule has 126 valence electrons. The molecule has 1 aromatic carbocycles. The maximum atomic E-state index is 12.3. The van der Waals surface area contributed by atoms with Gasteiger partial charge < -0.3 is 9.47 Å². The monoisotopic (exact) mass is 326 g/mol. The normalized spacial score (nSPS) is 16.4. The van der Waals surface area contributed by atoms with Crippen LogP contribution in [0.25, 0.3) is 0 Å². The van der Waals surface area contributed by atoms with Crippen molar-refractivity contribution in [3.63, 3.8) is 0 Å². The summed E-state index contributed by atoms with van der Waals surface area (Å²) in [7, 11) is 0. The van der Waals surface area contributed by atoms with Gasteiger partial charge >= 0.3 is 11.9 Å². The minimum atomic E-state index is -0.397. The van der Waals surface area contributed by atoms with Crippen LogP contribution in [-0.2, 0) is 31.9 Å². The number of esters is 2. The SMILES string of the molecule is CCOC(=O)C1=C(C(=O)OCC)CC2=C(C1)Cc1ccccc1C2. The molecule has 0 saturated heterocycles. The van der Waals surface area contributed by atoms with Crippen molar-refractivity contribution in [1.82, 2.24) is 0 Å². The molecule has 0 N–H and O–H groups in total. The first-order valence-corrected chi connectivity index (χ1v) is 8.46. The Morgan fingerprint density at radius 2 is 1.21 bits per heavy atom. The Bertz CT molecular complexity index is 679. The third-order valence-electron chi connectivity index (χ3n) is 4.61. The van der Waals surface area contributed by atoms with Crippen molar-refractivity contribution in [1.29, 1.82) is 0 Å². The van der Waals surface area contributed by atoms with Crippen molar-refractivity contribution in [3.8, 4) is 0 Å². The molecule has 0 atom stereocenters. The first-order valence-electron chi connectivity index (χ1n) is 8.46. The number of carbonyl (C=O) groups is 2. The van der Waals surface area contributed by atoms with Gasteiger partial charge in [-0.05, 0) is 37.8 Å². The molecule has 0 aliphatic heterocycles.